The van der Waals surface area contributed by atoms with E-state index in [0.29, 0.717) is 31.2 Å². The van der Waals surface area contributed by atoms with Gasteiger partial charge >= 0.3 is 121 Å². The maximum absolute atomic E-state index is 12.3. The molecule has 6 heteroatoms. The number of rotatable bonds is 3. The zero-order chi connectivity index (χ0) is 13.4. The van der Waals surface area contributed by atoms with Gasteiger partial charge in [0.1, 0.15) is 0 Å². The Hall–Kier alpha value is 0.169. The molecule has 0 aromatic heterocycles. The summed E-state index contributed by atoms with van der Waals surface area (Å²) in [7, 11) is -3.36. The van der Waals surface area contributed by atoms with Crippen LogP contribution in [0.4, 0.5) is 0 Å². The van der Waals surface area contributed by atoms with Gasteiger partial charge in [-0.3, -0.25) is 0 Å². The molecule has 1 fully saturated rings. The summed E-state index contributed by atoms with van der Waals surface area (Å²) < 4.78 is 27.6. The molecule has 100 valence electrons. The molecule has 1 atom stereocenters. The first kappa shape index (κ1) is 14.6. The average molecular weight is 397 g/mol. The summed E-state index contributed by atoms with van der Waals surface area (Å²) in [6.45, 7) is 6.29. The first-order valence-electron chi connectivity index (χ1n) is 5.71. The summed E-state index contributed by atoms with van der Waals surface area (Å²) in [5, 5.41) is 1.02. The summed E-state index contributed by atoms with van der Waals surface area (Å²) in [6.07, 6.45) is 0. The van der Waals surface area contributed by atoms with Gasteiger partial charge < -0.3 is 0 Å². The van der Waals surface area contributed by atoms with Gasteiger partial charge in [-0.1, -0.05) is 0 Å². The van der Waals surface area contributed by atoms with Crippen LogP contribution in [0.15, 0.2) is 29.2 Å². The molecular weight excluding hydrogens is 380 g/mol. The van der Waals surface area contributed by atoms with Crippen LogP contribution in [-0.2, 0) is 10.0 Å². The van der Waals surface area contributed by atoms with E-state index in [0.717, 1.165) is 10.9 Å². The minimum atomic E-state index is -3.36. The van der Waals surface area contributed by atoms with Crippen molar-refractivity contribution in [1.82, 2.24) is 4.72 Å². The molecule has 1 aliphatic rings. The van der Waals surface area contributed by atoms with E-state index in [-0.39, 0.29) is 10.4 Å². The third-order valence-electron chi connectivity index (χ3n) is 2.98. The first-order chi connectivity index (χ1) is 8.31. The molecular formula is C12H17NO2SSe2. The number of hydrogen-bond acceptors (Lipinski definition) is 2. The summed E-state index contributed by atoms with van der Waals surface area (Å²) in [5.41, 5.74) is 1.07. The second-order valence-corrected chi connectivity index (χ2v) is 14.8. The Morgan fingerprint density at radius 1 is 1.28 bits per heavy atom. The van der Waals surface area contributed by atoms with Gasteiger partial charge in [-0.15, -0.1) is 0 Å². The summed E-state index contributed by atoms with van der Waals surface area (Å²) in [5.74, 6) is 0. The average Bonchev–Trinajstić information content (AvgIpc) is 2.58. The zero-order valence-corrected chi connectivity index (χ0v) is 14.9. The van der Waals surface area contributed by atoms with Gasteiger partial charge in [-0.25, -0.2) is 0 Å². The quantitative estimate of drug-likeness (QED) is 0.788. The Bertz CT molecular complexity index is 526. The number of aryl methyl sites for hydroxylation is 1. The molecule has 1 saturated heterocycles. The molecule has 1 aliphatic heterocycles. The number of nitrogens with one attached hydrogen (secondary N) is 1. The van der Waals surface area contributed by atoms with Crippen LogP contribution in [0.25, 0.3) is 0 Å². The van der Waals surface area contributed by atoms with Crippen molar-refractivity contribution in [2.75, 3.05) is 0 Å². The molecule has 1 heterocycles. The van der Waals surface area contributed by atoms with E-state index in [2.05, 4.69) is 18.6 Å². The van der Waals surface area contributed by atoms with E-state index >= 15 is 0 Å². The monoisotopic (exact) mass is 399 g/mol. The molecule has 1 aromatic carbocycles. The van der Waals surface area contributed by atoms with E-state index in [4.69, 9.17) is 0 Å². The fourth-order valence-electron chi connectivity index (χ4n) is 1.66. The number of sulfonamides is 1. The SMILES string of the molecule is Cc1ccc(S(=O)(=O)NC2C[Se][Se]C2(C)C)cc1. The van der Waals surface area contributed by atoms with E-state index < -0.39 is 10.0 Å². The summed E-state index contributed by atoms with van der Waals surface area (Å²) in [4.78, 5) is 0.371. The topological polar surface area (TPSA) is 46.2 Å². The molecule has 1 unspecified atom stereocenters. The molecule has 0 aliphatic carbocycles. The standard InChI is InChI=1S/C12H17NO2SSe2/c1-9-4-6-10(7-5-9)16(14,15)13-11-8-17-18-12(11,2)3/h4-7,11,13H,8H2,1-3H3. The van der Waals surface area contributed by atoms with Crippen LogP contribution < -0.4 is 4.72 Å². The fraction of sp³-hybridized carbons (Fsp3) is 0.500. The van der Waals surface area contributed by atoms with Crippen molar-refractivity contribution >= 4 is 36.3 Å². The van der Waals surface area contributed by atoms with Crippen molar-refractivity contribution in [1.29, 1.82) is 0 Å². The van der Waals surface area contributed by atoms with Crippen molar-refractivity contribution in [3.63, 3.8) is 0 Å². The molecule has 1 aromatic rings. The molecule has 3 nitrogen and oxygen atoms in total. The molecule has 2 rings (SSSR count). The summed E-state index contributed by atoms with van der Waals surface area (Å²) >= 11 is 1.21. The van der Waals surface area contributed by atoms with Crippen LogP contribution >= 0.6 is 0 Å². The van der Waals surface area contributed by atoms with Gasteiger partial charge in [0.25, 0.3) is 0 Å². The molecule has 0 saturated carbocycles. The van der Waals surface area contributed by atoms with Gasteiger partial charge in [0.15, 0.2) is 0 Å². The predicted octanol–water partition coefficient (Wildman–Crippen LogP) is 1.60. The Kier molecular flexibility index (Phi) is 4.27. The van der Waals surface area contributed by atoms with Crippen molar-refractivity contribution in [2.24, 2.45) is 0 Å². The Morgan fingerprint density at radius 3 is 2.39 bits per heavy atom. The van der Waals surface area contributed by atoms with Crippen LogP contribution in [0, 0.1) is 6.92 Å². The molecule has 1 N–H and O–H groups in total. The second-order valence-electron chi connectivity index (χ2n) is 4.96. The molecule has 0 bridgehead atoms. The van der Waals surface area contributed by atoms with Gasteiger partial charge in [0.2, 0.25) is 0 Å². The van der Waals surface area contributed by atoms with Crippen LogP contribution in [0.2, 0.25) is 9.63 Å². The van der Waals surface area contributed by atoms with Crippen molar-refractivity contribution in [3.8, 4) is 0 Å². The minimum absolute atomic E-state index is 0.101. The van der Waals surface area contributed by atoms with Crippen LogP contribution in [0.3, 0.4) is 0 Å². The normalized spacial score (nSPS) is 23.2. The Balaban J connectivity index is 2.20. The van der Waals surface area contributed by atoms with E-state index in [1.807, 2.05) is 19.1 Å². The van der Waals surface area contributed by atoms with Crippen LogP contribution in [0.5, 0.6) is 0 Å². The second kappa shape index (κ2) is 5.28. The Morgan fingerprint density at radius 2 is 1.89 bits per heavy atom. The molecule has 18 heavy (non-hydrogen) atoms. The van der Waals surface area contributed by atoms with Gasteiger partial charge in [0.05, 0.1) is 0 Å². The fourth-order valence-corrected chi connectivity index (χ4v) is 13.4. The van der Waals surface area contributed by atoms with Crippen LogP contribution in [-0.4, -0.2) is 40.7 Å². The third kappa shape index (κ3) is 3.19. The van der Waals surface area contributed by atoms with Crippen molar-refractivity contribution in [2.45, 2.75) is 41.3 Å². The number of benzene rings is 1. The third-order valence-corrected chi connectivity index (χ3v) is 14.6. The zero-order valence-electron chi connectivity index (χ0n) is 10.6. The molecule has 0 spiro atoms. The molecule has 0 amide bonds. The van der Waals surface area contributed by atoms with Gasteiger partial charge in [-0.2, -0.15) is 0 Å². The van der Waals surface area contributed by atoms with E-state index in [1.54, 1.807) is 12.1 Å². The maximum atomic E-state index is 12.3. The van der Waals surface area contributed by atoms with Gasteiger partial charge in [-0.05, 0) is 0 Å². The van der Waals surface area contributed by atoms with Crippen molar-refractivity contribution < 1.29 is 8.42 Å². The van der Waals surface area contributed by atoms with Crippen molar-refractivity contribution in [3.05, 3.63) is 29.8 Å². The number of hydrogen-bond donors (Lipinski definition) is 1. The molecule has 0 radical (unpaired) electrons. The van der Waals surface area contributed by atoms with Crippen LogP contribution in [0.1, 0.15) is 19.4 Å². The predicted molar refractivity (Wildman–Crippen MR) is 75.6 cm³/mol. The van der Waals surface area contributed by atoms with E-state index in [9.17, 15) is 8.42 Å². The first-order valence-corrected chi connectivity index (χ1v) is 13.6. The summed E-state index contributed by atoms with van der Waals surface area (Å²) in [6, 6.07) is 7.12. The van der Waals surface area contributed by atoms with E-state index in [1.165, 1.54) is 0 Å². The Labute approximate surface area is 120 Å². The van der Waals surface area contributed by atoms with Gasteiger partial charge in [0, 0.05) is 0 Å².